The van der Waals surface area contributed by atoms with Gasteiger partial charge in [-0.3, -0.25) is 9.97 Å². The maximum Gasteiger partial charge on any atom is 0.0972 e. The third kappa shape index (κ3) is 11.4. The quantitative estimate of drug-likeness (QED) is 0.139. The number of aromatic nitrogens is 8. The Balaban J connectivity index is 0.000000135. The predicted octanol–water partition coefficient (Wildman–Crippen LogP) is 28.6. The highest BCUT2D eigenvalue weighted by Crippen LogP contribution is 2.43. The van der Waals surface area contributed by atoms with E-state index >= 15 is 0 Å². The van der Waals surface area contributed by atoms with Crippen LogP contribution in [0.1, 0.15) is 0 Å². The monoisotopic (exact) mass is 1500 g/mol. The smallest absolute Gasteiger partial charge is 0.0972 e. The van der Waals surface area contributed by atoms with E-state index in [1.54, 1.807) is 0 Å². The van der Waals surface area contributed by atoms with E-state index in [1.807, 2.05) is 24.5 Å². The molecule has 25 aromatic rings. The highest BCUT2D eigenvalue weighted by molar-refractivity contribution is 6.26. The Morgan fingerprint density at radius 3 is 0.915 bits per heavy atom. The molecule has 0 atom stereocenters. The second-order valence-electron chi connectivity index (χ2n) is 30.9. The molecule has 17 aromatic carbocycles. The van der Waals surface area contributed by atoms with Gasteiger partial charge in [-0.1, -0.05) is 273 Å². The number of fused-ring (bicyclic) bond motifs is 15. The molecule has 118 heavy (non-hydrogen) atoms. The Morgan fingerprint density at radius 2 is 0.449 bits per heavy atom. The minimum Gasteiger partial charge on any atom is -0.254 e. The second-order valence-corrected chi connectivity index (χ2v) is 30.9. The lowest BCUT2D eigenvalue weighted by molar-refractivity contribution is 1.37. The van der Waals surface area contributed by atoms with E-state index in [0.717, 1.165) is 187 Å². The van der Waals surface area contributed by atoms with Gasteiger partial charge in [0, 0.05) is 88.9 Å². The number of rotatable bonds is 8. The van der Waals surface area contributed by atoms with E-state index in [9.17, 15) is 0 Å². The van der Waals surface area contributed by atoms with Crippen molar-refractivity contribution in [1.29, 1.82) is 0 Å². The van der Waals surface area contributed by atoms with Crippen LogP contribution in [0.15, 0.2) is 389 Å². The van der Waals surface area contributed by atoms with E-state index in [0.29, 0.717) is 0 Å². The fourth-order valence-electron chi connectivity index (χ4n) is 17.9. The molecule has 0 N–H and O–H groups in total. The topological polar surface area (TPSA) is 103 Å². The van der Waals surface area contributed by atoms with Crippen molar-refractivity contribution < 1.29 is 0 Å². The van der Waals surface area contributed by atoms with Gasteiger partial charge in [0.2, 0.25) is 0 Å². The molecule has 0 saturated carbocycles. The van der Waals surface area contributed by atoms with E-state index in [-0.39, 0.29) is 0 Å². The van der Waals surface area contributed by atoms with Gasteiger partial charge >= 0.3 is 0 Å². The summed E-state index contributed by atoms with van der Waals surface area (Å²) in [6, 6.07) is 134. The van der Waals surface area contributed by atoms with Gasteiger partial charge in [0.1, 0.15) is 0 Å². The van der Waals surface area contributed by atoms with Gasteiger partial charge in [-0.25, -0.2) is 29.9 Å². The average molecular weight is 1500 g/mol. The molecule has 0 saturated heterocycles. The van der Waals surface area contributed by atoms with Gasteiger partial charge in [0.25, 0.3) is 0 Å². The van der Waals surface area contributed by atoms with Crippen molar-refractivity contribution in [3.63, 3.8) is 0 Å². The van der Waals surface area contributed by atoms with Crippen LogP contribution in [0.3, 0.4) is 0 Å². The van der Waals surface area contributed by atoms with Crippen LogP contribution < -0.4 is 0 Å². The molecule has 0 aliphatic heterocycles. The minimum atomic E-state index is 0.924. The Morgan fingerprint density at radius 1 is 0.144 bits per heavy atom. The molecule has 0 bridgehead atoms. The van der Waals surface area contributed by atoms with Gasteiger partial charge in [-0.05, 0) is 201 Å². The predicted molar refractivity (Wildman–Crippen MR) is 493 cm³/mol. The molecule has 8 aromatic heterocycles. The van der Waals surface area contributed by atoms with Crippen molar-refractivity contribution in [3.8, 4) is 89.8 Å². The largest absolute Gasteiger partial charge is 0.254 e. The summed E-state index contributed by atoms with van der Waals surface area (Å²) in [4.78, 5) is 40.3. The zero-order valence-corrected chi connectivity index (χ0v) is 63.5. The van der Waals surface area contributed by atoms with Crippen LogP contribution in [-0.2, 0) is 0 Å². The standard InChI is InChI=1S/C56H32N4.C54H32N4/c1-3-35-8-9-37-18-23-46(47-24-19-36(4-1)53(35)54(37)47)42-14-6-33-21-26-49(59-51(33)31-42)45-15-7-34-20-25-48(58-52(34)32-45)43-16-12-41-30-44(17-13-40(41)29-43)50-27-22-39-11-10-38-5-2-28-57-55(38)56(39)60-50;1-2-8-44-39(6-1)30-47(46-10-4-3-9-45(44)46)40-17-11-33-22-25-49(57-51(33)31-40)43-18-12-34-21-24-48(56-52(34)32-43)41-19-15-38-29-42(20-16-37(38)28-41)50-26-23-36-14-13-35-7-5-27-55-53(35)54(36)58-50/h1-32H;1-32H. The highest BCUT2D eigenvalue weighted by atomic mass is 14.8. The van der Waals surface area contributed by atoms with Gasteiger partial charge in [0.05, 0.1) is 78.3 Å². The zero-order chi connectivity index (χ0) is 77.5. The van der Waals surface area contributed by atoms with Crippen LogP contribution in [-0.4, -0.2) is 39.9 Å². The fraction of sp³-hybridized carbons (Fsp3) is 0. The lowest BCUT2D eigenvalue weighted by Gasteiger charge is -2.14. The Kier molecular flexibility index (Phi) is 15.2. The van der Waals surface area contributed by atoms with Gasteiger partial charge in [-0.2, -0.15) is 0 Å². The first-order valence-electron chi connectivity index (χ1n) is 40.0. The normalized spacial score (nSPS) is 11.9. The fourth-order valence-corrected chi connectivity index (χ4v) is 17.9. The molecule has 544 valence electrons. The van der Waals surface area contributed by atoms with Crippen LogP contribution >= 0.6 is 0 Å². The number of benzene rings is 17. The molecule has 0 unspecified atom stereocenters. The third-order valence-electron chi connectivity index (χ3n) is 24.0. The van der Waals surface area contributed by atoms with Crippen LogP contribution in [0.4, 0.5) is 0 Å². The SMILES string of the molecule is c1ccc2c(c1)cc(-c1ccc3ccc(-c4ccc5ccc(-c6ccc7cc(-c8ccc9ccc%10cccnc%10c9n8)ccc7c6)nc5c4)nc3c1)c1ccccc12.c1cnc2c(c1)ccc1ccc(-c3ccc4cc(-c5ccc6ccc(-c7ccc8ccc(-c9ccc%10ccc%11cccc%12ccc9c%10c%11%12)cc8n7)cc6n5)ccc4c3)nc12. The molecule has 0 radical (unpaired) electrons. The number of hydrogen-bond acceptors (Lipinski definition) is 8. The first-order valence-corrected chi connectivity index (χ1v) is 40.0. The third-order valence-corrected chi connectivity index (χ3v) is 24.0. The van der Waals surface area contributed by atoms with Crippen molar-refractivity contribution >= 4 is 163 Å². The van der Waals surface area contributed by atoms with E-state index in [4.69, 9.17) is 29.9 Å². The molecule has 8 heteroatoms. The maximum atomic E-state index is 5.24. The van der Waals surface area contributed by atoms with Crippen LogP contribution in [0.2, 0.25) is 0 Å². The average Bonchev–Trinajstić information content (AvgIpc) is 0.734. The molecule has 0 fully saturated rings. The first-order chi connectivity index (χ1) is 58.3. The highest BCUT2D eigenvalue weighted by Gasteiger charge is 2.18. The Bertz CT molecular complexity index is 8530. The summed E-state index contributed by atoms with van der Waals surface area (Å²) < 4.78 is 0. The zero-order valence-electron chi connectivity index (χ0n) is 63.5. The molecule has 8 nitrogen and oxygen atoms in total. The summed E-state index contributed by atoms with van der Waals surface area (Å²) in [5, 5.41) is 26.2. The van der Waals surface area contributed by atoms with E-state index in [2.05, 4.69) is 374 Å². The number of hydrogen-bond donors (Lipinski definition) is 0. The molecule has 0 amide bonds. The summed E-state index contributed by atoms with van der Waals surface area (Å²) >= 11 is 0. The van der Waals surface area contributed by atoms with Crippen molar-refractivity contribution in [3.05, 3.63) is 389 Å². The molecule has 0 aliphatic carbocycles. The van der Waals surface area contributed by atoms with Crippen LogP contribution in [0.25, 0.3) is 252 Å². The second kappa shape index (κ2) is 26.9. The molecule has 25 rings (SSSR count). The van der Waals surface area contributed by atoms with Crippen molar-refractivity contribution in [1.82, 2.24) is 39.9 Å². The molecule has 8 heterocycles. The number of pyridine rings is 8. The lowest BCUT2D eigenvalue weighted by atomic mass is 9.89. The number of nitrogens with zero attached hydrogens (tertiary/aromatic N) is 8. The van der Waals surface area contributed by atoms with Gasteiger partial charge in [0.15, 0.2) is 0 Å². The maximum absolute atomic E-state index is 5.24. The molecule has 0 spiro atoms. The van der Waals surface area contributed by atoms with E-state index < -0.39 is 0 Å². The van der Waals surface area contributed by atoms with Crippen molar-refractivity contribution in [2.24, 2.45) is 0 Å². The summed E-state index contributed by atoms with van der Waals surface area (Å²) in [5.41, 5.74) is 24.3. The molecule has 0 aliphatic rings. The Labute approximate surface area is 676 Å². The summed E-state index contributed by atoms with van der Waals surface area (Å²) in [7, 11) is 0. The summed E-state index contributed by atoms with van der Waals surface area (Å²) in [5.74, 6) is 0. The Hall–Kier alpha value is -15.9. The van der Waals surface area contributed by atoms with Crippen molar-refractivity contribution in [2.75, 3.05) is 0 Å². The first kappa shape index (κ1) is 66.7. The van der Waals surface area contributed by atoms with Crippen LogP contribution in [0.5, 0.6) is 0 Å². The summed E-state index contributed by atoms with van der Waals surface area (Å²) in [6.07, 6.45) is 3.66. The van der Waals surface area contributed by atoms with E-state index in [1.165, 1.54) is 65.0 Å². The lowest BCUT2D eigenvalue weighted by Crippen LogP contribution is -1.90. The molecular weight excluding hydrogens is 1430 g/mol. The molecular formula is C110H64N8. The van der Waals surface area contributed by atoms with Gasteiger partial charge < -0.3 is 0 Å². The van der Waals surface area contributed by atoms with Gasteiger partial charge in [-0.15, -0.1) is 0 Å². The summed E-state index contributed by atoms with van der Waals surface area (Å²) in [6.45, 7) is 0. The minimum absolute atomic E-state index is 0.924. The van der Waals surface area contributed by atoms with Crippen molar-refractivity contribution in [2.45, 2.75) is 0 Å². The van der Waals surface area contributed by atoms with Crippen LogP contribution in [0, 0.1) is 0 Å².